The summed E-state index contributed by atoms with van der Waals surface area (Å²) < 4.78 is 88.1. The van der Waals surface area contributed by atoms with E-state index in [1.54, 1.807) is 57.2 Å². The molecule has 4 fully saturated rings. The summed E-state index contributed by atoms with van der Waals surface area (Å²) in [4.78, 5) is 64.6. The zero-order valence-electron chi connectivity index (χ0n) is 35.7. The molecule has 2 saturated heterocycles. The number of sulfonamides is 1. The Morgan fingerprint density at radius 1 is 1.13 bits per heavy atom. The van der Waals surface area contributed by atoms with Crippen LogP contribution in [0.5, 0.6) is 5.88 Å². The number of fused-ring (bicyclic) bond motifs is 3. The minimum absolute atomic E-state index is 0.0104. The van der Waals surface area contributed by atoms with Crippen LogP contribution in [0.15, 0.2) is 42.6 Å². The molecule has 5 aliphatic rings. The number of hydrogen-bond donors (Lipinski definition) is 3. The van der Waals surface area contributed by atoms with Crippen molar-refractivity contribution in [2.24, 2.45) is 17.8 Å². The molecule has 3 N–H and O–H groups in total. The Hall–Kier alpha value is -4.65. The molecule has 1 aromatic heterocycles. The van der Waals surface area contributed by atoms with E-state index in [0.717, 1.165) is 17.5 Å². The summed E-state index contributed by atoms with van der Waals surface area (Å²) in [5.41, 5.74) is -3.89. The maximum atomic E-state index is 17.8. The predicted molar refractivity (Wildman–Crippen MR) is 223 cm³/mol. The normalized spacial score (nSPS) is 32.0. The number of carboxylic acid groups (broad SMARTS) is 1. The number of alkyl halides is 3. The third-order valence-corrected chi connectivity index (χ3v) is 15.9. The van der Waals surface area contributed by atoms with Gasteiger partial charge in [0.25, 0.3) is 11.8 Å². The molecule has 4 amide bonds. The number of carbonyl (C=O) groups is 4. The molecule has 7 rings (SSSR count). The SMILES string of the molecule is CCC(C)N(C(=O)O)[C@@H]1C(=O)N2[C@@H](C[C@@](C)(Oc3ncc(N4CCOCC4)c4ccccc34)C2(F)F)C(=O)N[C@]2(C(=O)NS(=O)(=O)C3(CF)CC3)C[C@H]2/C=C\CC[C@@H](C)C[C@H]1C. The number of allylic oxidation sites excluding steroid dienone is 1. The predicted octanol–water partition coefficient (Wildman–Crippen LogP) is 5.39. The fourth-order valence-corrected chi connectivity index (χ4v) is 10.9. The molecule has 3 aliphatic heterocycles. The van der Waals surface area contributed by atoms with E-state index >= 15 is 13.6 Å². The lowest BCUT2D eigenvalue weighted by molar-refractivity contribution is -0.219. The van der Waals surface area contributed by atoms with Crippen LogP contribution in [-0.2, 0) is 29.1 Å². The maximum absolute atomic E-state index is 17.8. The highest BCUT2D eigenvalue weighted by Crippen LogP contribution is 2.52. The lowest BCUT2D eigenvalue weighted by Gasteiger charge is -2.42. The standard InChI is InChI=1S/C43H57F3N6O9S/c1-6-28(4)51(39(56)57)34-27(3)21-26(2)11-7-8-12-29-22-42(29,38(55)49-62(58,59)41(25-44)15-16-41)48-35(53)32-23-40(5,43(45,46)52(32)37(34)54)61-36-31-14-10-9-13-30(31)33(24-47-36)50-17-19-60-20-18-50/h8-10,12-14,24,26-29,32,34H,6-7,11,15-23,25H2,1-5H3,(H,48,53)(H,49,55)(H,56,57)/b12-8-/t26-,27-,28?,29-,32+,34+,40-,42-/m1/s1. The number of carbonyl (C=O) groups excluding carboxylic acids is 3. The number of pyridine rings is 1. The van der Waals surface area contributed by atoms with Crippen LogP contribution in [0.2, 0.25) is 0 Å². The zero-order valence-corrected chi connectivity index (χ0v) is 36.6. The molecule has 2 aromatic rings. The van der Waals surface area contributed by atoms with Crippen molar-refractivity contribution in [2.75, 3.05) is 37.9 Å². The van der Waals surface area contributed by atoms with Crippen molar-refractivity contribution in [3.05, 3.63) is 42.6 Å². The van der Waals surface area contributed by atoms with Gasteiger partial charge in [0.1, 0.15) is 29.0 Å². The van der Waals surface area contributed by atoms with Gasteiger partial charge < -0.3 is 24.8 Å². The Morgan fingerprint density at radius 3 is 2.44 bits per heavy atom. The zero-order chi connectivity index (χ0) is 45.0. The molecular weight excluding hydrogens is 834 g/mol. The molecule has 8 atom stereocenters. The fourth-order valence-electron chi connectivity index (χ4n) is 9.44. The van der Waals surface area contributed by atoms with E-state index in [-0.39, 0.29) is 48.8 Å². The molecule has 2 saturated carbocycles. The number of aromatic nitrogens is 1. The van der Waals surface area contributed by atoms with E-state index < -0.39 is 98.8 Å². The first kappa shape index (κ1) is 45.4. The number of morpholine rings is 1. The molecular formula is C43H57F3N6O9S. The Labute approximate surface area is 359 Å². The summed E-state index contributed by atoms with van der Waals surface area (Å²) in [6.07, 6.45) is 4.03. The first-order valence-corrected chi connectivity index (χ1v) is 23.0. The maximum Gasteiger partial charge on any atom is 0.408 e. The summed E-state index contributed by atoms with van der Waals surface area (Å²) in [7, 11) is -4.55. The van der Waals surface area contributed by atoms with Gasteiger partial charge in [0.05, 0.1) is 25.1 Å². The molecule has 0 spiro atoms. The molecule has 0 radical (unpaired) electrons. The molecule has 19 heteroatoms. The Morgan fingerprint density at radius 2 is 1.81 bits per heavy atom. The number of halogens is 3. The van der Waals surface area contributed by atoms with Crippen LogP contribution in [0, 0.1) is 17.8 Å². The van der Waals surface area contributed by atoms with E-state index in [1.165, 1.54) is 6.20 Å². The van der Waals surface area contributed by atoms with Gasteiger partial charge in [-0.15, -0.1) is 0 Å². The number of amides is 4. The number of rotatable bonds is 10. The Bertz CT molecular complexity index is 2220. The number of ether oxygens (including phenoxy) is 2. The fraction of sp³-hybridized carbons (Fsp3) is 0.651. The average molecular weight is 891 g/mol. The smallest absolute Gasteiger partial charge is 0.408 e. The summed E-state index contributed by atoms with van der Waals surface area (Å²) in [5, 5.41) is 14.2. The minimum Gasteiger partial charge on any atom is -0.465 e. The third-order valence-electron chi connectivity index (χ3n) is 13.7. The van der Waals surface area contributed by atoms with Gasteiger partial charge in [0.2, 0.25) is 21.8 Å². The molecule has 340 valence electrons. The summed E-state index contributed by atoms with van der Waals surface area (Å²) in [6, 6.07) is -1.89. The van der Waals surface area contributed by atoms with Crippen LogP contribution in [0.1, 0.15) is 86.0 Å². The lowest BCUT2D eigenvalue weighted by atomic mass is 9.86. The average Bonchev–Trinajstić information content (AvgIpc) is 4.15. The van der Waals surface area contributed by atoms with Crippen LogP contribution in [-0.4, -0.2) is 125 Å². The highest BCUT2D eigenvalue weighted by atomic mass is 32.2. The number of hydrogen-bond acceptors (Lipinski definition) is 10. The second kappa shape index (κ2) is 16.8. The van der Waals surface area contributed by atoms with Crippen molar-refractivity contribution in [3.63, 3.8) is 0 Å². The lowest BCUT2D eigenvalue weighted by Crippen LogP contribution is -2.64. The molecule has 1 unspecified atom stereocenters. The molecule has 15 nitrogen and oxygen atoms in total. The van der Waals surface area contributed by atoms with Gasteiger partial charge in [-0.2, -0.15) is 8.78 Å². The summed E-state index contributed by atoms with van der Waals surface area (Å²) in [5.74, 6) is -5.59. The van der Waals surface area contributed by atoms with Gasteiger partial charge in [-0.3, -0.25) is 28.9 Å². The van der Waals surface area contributed by atoms with E-state index in [4.69, 9.17) is 9.47 Å². The van der Waals surface area contributed by atoms with Crippen molar-refractivity contribution in [1.82, 2.24) is 24.8 Å². The molecule has 1 aromatic carbocycles. The van der Waals surface area contributed by atoms with Crippen LogP contribution in [0.25, 0.3) is 10.8 Å². The van der Waals surface area contributed by atoms with Crippen LogP contribution in [0.4, 0.5) is 23.7 Å². The van der Waals surface area contributed by atoms with E-state index in [2.05, 4.69) is 15.2 Å². The van der Waals surface area contributed by atoms with Gasteiger partial charge in [-0.05, 0) is 76.7 Å². The molecule has 0 bridgehead atoms. The monoisotopic (exact) mass is 890 g/mol. The van der Waals surface area contributed by atoms with E-state index in [9.17, 15) is 32.3 Å². The Balaban J connectivity index is 1.33. The van der Waals surface area contributed by atoms with Crippen molar-refractivity contribution in [2.45, 2.75) is 126 Å². The topological polar surface area (TPSA) is 188 Å². The summed E-state index contributed by atoms with van der Waals surface area (Å²) >= 11 is 0. The van der Waals surface area contributed by atoms with E-state index in [0.29, 0.717) is 49.9 Å². The first-order valence-electron chi connectivity index (χ1n) is 21.5. The van der Waals surface area contributed by atoms with E-state index in [1.807, 2.05) is 11.6 Å². The second-order valence-corrected chi connectivity index (χ2v) is 20.2. The first-order chi connectivity index (χ1) is 29.3. The van der Waals surface area contributed by atoms with Gasteiger partial charge in [0.15, 0.2) is 5.60 Å². The largest absolute Gasteiger partial charge is 0.465 e. The van der Waals surface area contributed by atoms with Gasteiger partial charge >= 0.3 is 12.1 Å². The van der Waals surface area contributed by atoms with Gasteiger partial charge in [-0.25, -0.2) is 22.6 Å². The number of nitrogens with zero attached hydrogens (tertiary/aromatic N) is 4. The second-order valence-electron chi connectivity index (χ2n) is 18.1. The number of anilines is 1. The molecule has 2 aliphatic carbocycles. The molecule has 62 heavy (non-hydrogen) atoms. The summed E-state index contributed by atoms with van der Waals surface area (Å²) in [6.45, 7) is 8.74. The third kappa shape index (κ3) is 7.96. The number of nitrogens with one attached hydrogen (secondary N) is 2. The van der Waals surface area contributed by atoms with Crippen molar-refractivity contribution < 1.29 is 55.3 Å². The molecule has 4 heterocycles. The van der Waals surface area contributed by atoms with Gasteiger partial charge in [-0.1, -0.05) is 51.1 Å². The highest BCUT2D eigenvalue weighted by Gasteiger charge is 2.71. The number of benzene rings is 1. The van der Waals surface area contributed by atoms with Crippen LogP contribution >= 0.6 is 0 Å². The van der Waals surface area contributed by atoms with Crippen molar-refractivity contribution in [3.8, 4) is 5.88 Å². The quantitative estimate of drug-likeness (QED) is 0.205. The van der Waals surface area contributed by atoms with Gasteiger partial charge in [0, 0.05) is 42.2 Å². The Kier molecular flexibility index (Phi) is 12.3. The minimum atomic E-state index is -4.55. The van der Waals surface area contributed by atoms with Crippen LogP contribution in [0.3, 0.4) is 0 Å². The van der Waals surface area contributed by atoms with Crippen molar-refractivity contribution >= 4 is 50.3 Å². The van der Waals surface area contributed by atoms with Crippen LogP contribution < -0.4 is 19.7 Å². The highest BCUT2D eigenvalue weighted by molar-refractivity contribution is 7.91. The van der Waals surface area contributed by atoms with Crippen molar-refractivity contribution in [1.29, 1.82) is 0 Å².